The van der Waals surface area contributed by atoms with Crippen LogP contribution in [-0.4, -0.2) is 50.7 Å². The fraction of sp³-hybridized carbons (Fsp3) is 0.346. The monoisotopic (exact) mass is 456 g/mol. The zero-order valence-corrected chi connectivity index (χ0v) is 19.5. The van der Waals surface area contributed by atoms with Crippen LogP contribution in [0, 0.1) is 5.92 Å². The molecule has 0 aliphatic rings. The van der Waals surface area contributed by atoms with Crippen LogP contribution >= 0.6 is 0 Å². The molecule has 2 aromatic carbocycles. The molecule has 178 valence electrons. The summed E-state index contributed by atoms with van der Waals surface area (Å²) in [5.41, 5.74) is 1.76. The van der Waals surface area contributed by atoms with Gasteiger partial charge in [-0.05, 0) is 48.7 Å². The Morgan fingerprint density at radius 2 is 1.70 bits per heavy atom. The number of carbonyl (C=O) groups excluding carboxylic acids is 1. The van der Waals surface area contributed by atoms with Gasteiger partial charge in [-0.1, -0.05) is 36.4 Å². The number of hydrogen-bond donors (Lipinski definition) is 2. The molecule has 0 radical (unpaired) electrons. The highest BCUT2D eigenvalue weighted by Gasteiger charge is 2.23. The number of benzene rings is 2. The van der Waals surface area contributed by atoms with E-state index in [9.17, 15) is 15.0 Å². The molecule has 0 heterocycles. The lowest BCUT2D eigenvalue weighted by molar-refractivity contribution is -0.142. The van der Waals surface area contributed by atoms with Crippen LogP contribution in [0.1, 0.15) is 30.6 Å². The first kappa shape index (κ1) is 26.0. The number of ether oxygens (including phenoxy) is 4. The number of carbonyl (C=O) groups is 1. The Balaban J connectivity index is 2.18. The quantitative estimate of drug-likeness (QED) is 0.369. The third-order valence-electron chi connectivity index (χ3n) is 5.27. The molecular weight excluding hydrogens is 424 g/mol. The standard InChI is InChI=1S/C26H32O7/c1-5-19(16-27)26(29)33-17-21(25(28)20-10-12-22(30-2)13-11-20)8-6-7-18-9-14-23(31-3)24(15-18)32-4/h5-7,9-15,21,25,27-28H,8,16-17H2,1-4H3. The minimum atomic E-state index is -0.873. The number of allylic oxidation sites excluding steroid dienone is 2. The van der Waals surface area contributed by atoms with Gasteiger partial charge in [0.05, 0.1) is 46.2 Å². The van der Waals surface area contributed by atoms with E-state index in [1.54, 1.807) is 52.5 Å². The minimum absolute atomic E-state index is 0.0142. The molecule has 0 bridgehead atoms. The van der Waals surface area contributed by atoms with Crippen LogP contribution in [0.4, 0.5) is 0 Å². The molecule has 0 fully saturated rings. The van der Waals surface area contributed by atoms with Crippen molar-refractivity contribution in [1.29, 1.82) is 0 Å². The number of aliphatic hydroxyl groups is 2. The average molecular weight is 457 g/mol. The maximum atomic E-state index is 12.2. The molecule has 2 N–H and O–H groups in total. The fourth-order valence-corrected chi connectivity index (χ4v) is 3.25. The third kappa shape index (κ3) is 7.37. The van der Waals surface area contributed by atoms with E-state index >= 15 is 0 Å². The molecule has 0 amide bonds. The maximum Gasteiger partial charge on any atom is 0.336 e. The van der Waals surface area contributed by atoms with Crippen molar-refractivity contribution in [1.82, 2.24) is 0 Å². The molecule has 7 nitrogen and oxygen atoms in total. The highest BCUT2D eigenvalue weighted by molar-refractivity contribution is 5.88. The maximum absolute atomic E-state index is 12.2. The van der Waals surface area contributed by atoms with Crippen LogP contribution in [0.15, 0.2) is 60.2 Å². The van der Waals surface area contributed by atoms with Crippen molar-refractivity contribution in [3.63, 3.8) is 0 Å². The van der Waals surface area contributed by atoms with E-state index in [-0.39, 0.29) is 12.2 Å². The number of rotatable bonds is 12. The summed E-state index contributed by atoms with van der Waals surface area (Å²) in [4.78, 5) is 12.2. The molecule has 0 aromatic heterocycles. The second-order valence-electron chi connectivity index (χ2n) is 7.30. The van der Waals surface area contributed by atoms with E-state index in [2.05, 4.69) is 0 Å². The van der Waals surface area contributed by atoms with E-state index in [1.165, 1.54) is 6.08 Å². The molecule has 0 aliphatic heterocycles. The van der Waals surface area contributed by atoms with Crippen LogP contribution in [0.2, 0.25) is 0 Å². The Morgan fingerprint density at radius 3 is 2.27 bits per heavy atom. The van der Waals surface area contributed by atoms with E-state index < -0.39 is 24.6 Å². The second kappa shape index (κ2) is 13.3. The summed E-state index contributed by atoms with van der Waals surface area (Å²) >= 11 is 0. The van der Waals surface area contributed by atoms with E-state index in [0.717, 1.165) is 5.56 Å². The lowest BCUT2D eigenvalue weighted by Crippen LogP contribution is -2.22. The lowest BCUT2D eigenvalue weighted by atomic mass is 9.93. The van der Waals surface area contributed by atoms with Crippen molar-refractivity contribution in [2.45, 2.75) is 19.4 Å². The smallest absolute Gasteiger partial charge is 0.336 e. The first-order valence-corrected chi connectivity index (χ1v) is 10.6. The number of hydrogen-bond acceptors (Lipinski definition) is 7. The van der Waals surface area contributed by atoms with Crippen LogP contribution in [0.25, 0.3) is 6.08 Å². The number of aliphatic hydroxyl groups excluding tert-OH is 2. The predicted molar refractivity (Wildman–Crippen MR) is 126 cm³/mol. The van der Waals surface area contributed by atoms with E-state index in [4.69, 9.17) is 18.9 Å². The van der Waals surface area contributed by atoms with Gasteiger partial charge in [-0.3, -0.25) is 0 Å². The Bertz CT molecular complexity index is 948. The van der Waals surface area contributed by atoms with Gasteiger partial charge in [0.1, 0.15) is 5.75 Å². The van der Waals surface area contributed by atoms with E-state index in [1.807, 2.05) is 30.4 Å². The minimum Gasteiger partial charge on any atom is -0.497 e. The normalized spacial score (nSPS) is 13.5. The summed E-state index contributed by atoms with van der Waals surface area (Å²) in [5, 5.41) is 20.3. The summed E-state index contributed by atoms with van der Waals surface area (Å²) in [5.74, 6) is 0.929. The first-order chi connectivity index (χ1) is 16.0. The van der Waals surface area contributed by atoms with Crippen LogP contribution < -0.4 is 14.2 Å². The van der Waals surface area contributed by atoms with Crippen molar-refractivity contribution in [2.24, 2.45) is 5.92 Å². The fourth-order valence-electron chi connectivity index (χ4n) is 3.25. The van der Waals surface area contributed by atoms with Gasteiger partial charge in [-0.15, -0.1) is 0 Å². The predicted octanol–water partition coefficient (Wildman–Crippen LogP) is 3.95. The van der Waals surface area contributed by atoms with Gasteiger partial charge in [0.2, 0.25) is 0 Å². The molecule has 0 spiro atoms. The Hall–Kier alpha value is -3.29. The molecular formula is C26H32O7. The largest absolute Gasteiger partial charge is 0.497 e. The van der Waals surface area contributed by atoms with Crippen molar-refractivity contribution in [3.05, 3.63) is 71.3 Å². The lowest BCUT2D eigenvalue weighted by Gasteiger charge is -2.22. The molecule has 2 unspecified atom stereocenters. The summed E-state index contributed by atoms with van der Waals surface area (Å²) in [7, 11) is 4.73. The van der Waals surface area contributed by atoms with Crippen LogP contribution in [-0.2, 0) is 9.53 Å². The highest BCUT2D eigenvalue weighted by atomic mass is 16.5. The topological polar surface area (TPSA) is 94.5 Å². The third-order valence-corrected chi connectivity index (χ3v) is 5.27. The molecule has 0 saturated carbocycles. The molecule has 2 rings (SSSR count). The second-order valence-corrected chi connectivity index (χ2v) is 7.30. The molecule has 2 aromatic rings. The molecule has 7 heteroatoms. The molecule has 0 aliphatic carbocycles. The Morgan fingerprint density at radius 1 is 1.00 bits per heavy atom. The van der Waals surface area contributed by atoms with Crippen molar-refractivity contribution in [3.8, 4) is 17.2 Å². The van der Waals surface area contributed by atoms with Gasteiger partial charge in [-0.2, -0.15) is 0 Å². The summed E-state index contributed by atoms with van der Waals surface area (Å²) in [6, 6.07) is 12.7. The van der Waals surface area contributed by atoms with Gasteiger partial charge in [-0.25, -0.2) is 4.79 Å². The summed E-state index contributed by atoms with van der Waals surface area (Å²) < 4.78 is 21.2. The number of esters is 1. The molecule has 33 heavy (non-hydrogen) atoms. The van der Waals surface area contributed by atoms with Crippen molar-refractivity contribution in [2.75, 3.05) is 34.5 Å². The van der Waals surface area contributed by atoms with Gasteiger partial charge in [0.25, 0.3) is 0 Å². The Kier molecular flexibility index (Phi) is 10.5. The number of methoxy groups -OCH3 is 3. The van der Waals surface area contributed by atoms with Gasteiger partial charge in [0, 0.05) is 5.92 Å². The van der Waals surface area contributed by atoms with Gasteiger partial charge < -0.3 is 29.2 Å². The van der Waals surface area contributed by atoms with Crippen LogP contribution in [0.5, 0.6) is 17.2 Å². The van der Waals surface area contributed by atoms with Crippen molar-refractivity contribution >= 4 is 12.0 Å². The van der Waals surface area contributed by atoms with Gasteiger partial charge >= 0.3 is 5.97 Å². The summed E-state index contributed by atoms with van der Waals surface area (Å²) in [6.07, 6.45) is 4.90. The van der Waals surface area contributed by atoms with Crippen LogP contribution in [0.3, 0.4) is 0 Å². The zero-order chi connectivity index (χ0) is 24.2. The van der Waals surface area contributed by atoms with Crippen molar-refractivity contribution < 1.29 is 34.0 Å². The van der Waals surface area contributed by atoms with Gasteiger partial charge in [0.15, 0.2) is 11.5 Å². The molecule has 2 atom stereocenters. The average Bonchev–Trinajstić information content (AvgIpc) is 2.86. The first-order valence-electron chi connectivity index (χ1n) is 10.6. The highest BCUT2D eigenvalue weighted by Crippen LogP contribution is 2.30. The Labute approximate surface area is 194 Å². The SMILES string of the molecule is CC=C(CO)C(=O)OCC(CC=Cc1ccc(OC)c(OC)c1)C(O)c1ccc(OC)cc1. The molecule has 0 saturated heterocycles. The summed E-state index contributed by atoms with van der Waals surface area (Å²) in [6.45, 7) is 1.24. The van der Waals surface area contributed by atoms with E-state index in [0.29, 0.717) is 29.2 Å². The zero-order valence-electron chi connectivity index (χ0n) is 19.5.